The molecule has 1 atom stereocenters. The van der Waals surface area contributed by atoms with E-state index in [1.165, 1.54) is 16.8 Å². The van der Waals surface area contributed by atoms with E-state index in [0.717, 1.165) is 0 Å². The van der Waals surface area contributed by atoms with Gasteiger partial charge in [0, 0.05) is 24.8 Å². The van der Waals surface area contributed by atoms with E-state index in [2.05, 4.69) is 17.2 Å². The minimum absolute atomic E-state index is 0.0139. The van der Waals surface area contributed by atoms with Gasteiger partial charge >= 0.3 is 5.69 Å². The van der Waals surface area contributed by atoms with Crippen LogP contribution in [0.25, 0.3) is 0 Å². The lowest BCUT2D eigenvalue weighted by Gasteiger charge is -2.39. The summed E-state index contributed by atoms with van der Waals surface area (Å²) >= 11 is 0. The van der Waals surface area contributed by atoms with Crippen LogP contribution in [0.2, 0.25) is 0 Å². The Hall–Kier alpha value is -1.40. The molecule has 2 rings (SSSR count). The highest BCUT2D eigenvalue weighted by atomic mass is 16.5. The molecular weight excluding hydrogens is 222 g/mol. The number of hydrogen-bond acceptors (Lipinski definition) is 4. The molecule has 1 saturated heterocycles. The zero-order chi connectivity index (χ0) is 12.5. The summed E-state index contributed by atoms with van der Waals surface area (Å²) in [5.74, 6) is 0. The number of H-pyrrole nitrogens is 1. The van der Waals surface area contributed by atoms with Crippen molar-refractivity contribution in [1.29, 1.82) is 0 Å². The van der Waals surface area contributed by atoms with Gasteiger partial charge in [-0.25, -0.2) is 4.79 Å². The van der Waals surface area contributed by atoms with Crippen molar-refractivity contribution in [2.75, 3.05) is 19.8 Å². The molecule has 0 saturated carbocycles. The quantitative estimate of drug-likeness (QED) is 0.741. The Bertz CT molecular complexity index is 501. The van der Waals surface area contributed by atoms with Gasteiger partial charge in [-0.2, -0.15) is 0 Å². The molecule has 0 aliphatic carbocycles. The van der Waals surface area contributed by atoms with Gasteiger partial charge in [0.25, 0.3) is 5.56 Å². The Morgan fingerprint density at radius 3 is 2.82 bits per heavy atom. The minimum atomic E-state index is -0.373. The zero-order valence-electron chi connectivity index (χ0n) is 10.0. The highest BCUT2D eigenvalue weighted by Crippen LogP contribution is 2.16. The van der Waals surface area contributed by atoms with Crippen molar-refractivity contribution >= 4 is 0 Å². The first-order valence-corrected chi connectivity index (χ1v) is 5.64. The molecule has 1 fully saturated rings. The summed E-state index contributed by atoms with van der Waals surface area (Å²) in [6, 6.07) is 1.34. The second-order valence-corrected chi connectivity index (χ2v) is 4.80. The third kappa shape index (κ3) is 2.65. The van der Waals surface area contributed by atoms with Crippen LogP contribution in [0.15, 0.2) is 21.9 Å². The van der Waals surface area contributed by atoms with Gasteiger partial charge in [-0.05, 0) is 13.8 Å². The molecule has 0 amide bonds. The fraction of sp³-hybridized carbons (Fsp3) is 0.636. The standard InChI is InChI=1S/C11H17N3O3/c1-8(5-12-11(2)6-17-7-11)14-4-3-9(15)13-10(14)16/h3-4,8,12H,5-7H2,1-2H3,(H,13,15,16)/t8-/m0/s1. The van der Waals surface area contributed by atoms with E-state index in [9.17, 15) is 9.59 Å². The maximum absolute atomic E-state index is 11.5. The van der Waals surface area contributed by atoms with Gasteiger partial charge in [0.05, 0.1) is 18.8 Å². The van der Waals surface area contributed by atoms with E-state index in [-0.39, 0.29) is 22.8 Å². The highest BCUT2D eigenvalue weighted by Gasteiger charge is 2.32. The Morgan fingerprint density at radius 2 is 2.29 bits per heavy atom. The maximum atomic E-state index is 11.5. The number of ether oxygens (including phenoxy) is 1. The van der Waals surface area contributed by atoms with Crippen molar-refractivity contribution in [3.63, 3.8) is 0 Å². The zero-order valence-corrected chi connectivity index (χ0v) is 10.0. The topological polar surface area (TPSA) is 76.1 Å². The van der Waals surface area contributed by atoms with Gasteiger partial charge in [0.15, 0.2) is 0 Å². The summed E-state index contributed by atoms with van der Waals surface area (Å²) in [5, 5.41) is 3.36. The summed E-state index contributed by atoms with van der Waals surface area (Å²) in [5.41, 5.74) is -0.729. The fourth-order valence-corrected chi connectivity index (χ4v) is 1.78. The van der Waals surface area contributed by atoms with Crippen molar-refractivity contribution in [2.45, 2.75) is 25.4 Å². The lowest BCUT2D eigenvalue weighted by atomic mass is 10.0. The molecule has 0 radical (unpaired) electrons. The summed E-state index contributed by atoms with van der Waals surface area (Å²) in [7, 11) is 0. The molecule has 6 heteroatoms. The Labute approximate surface area is 98.6 Å². The van der Waals surface area contributed by atoms with Gasteiger partial charge in [-0.15, -0.1) is 0 Å². The van der Waals surface area contributed by atoms with E-state index < -0.39 is 0 Å². The molecule has 2 N–H and O–H groups in total. The summed E-state index contributed by atoms with van der Waals surface area (Å²) < 4.78 is 6.65. The average Bonchev–Trinajstić information content (AvgIpc) is 2.23. The van der Waals surface area contributed by atoms with Crippen LogP contribution in [-0.2, 0) is 4.74 Å². The average molecular weight is 239 g/mol. The van der Waals surface area contributed by atoms with Gasteiger partial charge in [-0.3, -0.25) is 14.3 Å². The molecule has 1 aliphatic heterocycles. The van der Waals surface area contributed by atoms with E-state index >= 15 is 0 Å². The number of aromatic amines is 1. The SMILES string of the molecule is C[C@@H](CNC1(C)COC1)n1ccc(=O)[nH]c1=O. The van der Waals surface area contributed by atoms with Crippen LogP contribution in [0.4, 0.5) is 0 Å². The lowest BCUT2D eigenvalue weighted by molar-refractivity contribution is -0.0650. The van der Waals surface area contributed by atoms with Crippen molar-refractivity contribution < 1.29 is 4.74 Å². The molecule has 0 unspecified atom stereocenters. The van der Waals surface area contributed by atoms with Crippen molar-refractivity contribution in [3.05, 3.63) is 33.1 Å². The van der Waals surface area contributed by atoms with Crippen LogP contribution in [0.5, 0.6) is 0 Å². The van der Waals surface area contributed by atoms with Crippen molar-refractivity contribution in [2.24, 2.45) is 0 Å². The number of aromatic nitrogens is 2. The largest absolute Gasteiger partial charge is 0.377 e. The normalized spacial score (nSPS) is 19.6. The van der Waals surface area contributed by atoms with Crippen molar-refractivity contribution in [3.8, 4) is 0 Å². The smallest absolute Gasteiger partial charge is 0.328 e. The van der Waals surface area contributed by atoms with Crippen LogP contribution in [0.3, 0.4) is 0 Å². The second-order valence-electron chi connectivity index (χ2n) is 4.80. The van der Waals surface area contributed by atoms with Gasteiger partial charge in [0.1, 0.15) is 0 Å². The summed E-state index contributed by atoms with van der Waals surface area (Å²) in [6.45, 7) is 6.06. The third-order valence-electron chi connectivity index (χ3n) is 2.99. The number of rotatable bonds is 4. The third-order valence-corrected chi connectivity index (χ3v) is 2.99. The first-order chi connectivity index (χ1) is 8.00. The predicted octanol–water partition coefficient (Wildman–Crippen LogP) is -0.524. The molecule has 17 heavy (non-hydrogen) atoms. The maximum Gasteiger partial charge on any atom is 0.328 e. The Kier molecular flexibility index (Phi) is 3.17. The van der Waals surface area contributed by atoms with E-state index in [1.54, 1.807) is 0 Å². The monoisotopic (exact) mass is 239 g/mol. The molecule has 0 spiro atoms. The summed E-state index contributed by atoms with van der Waals surface area (Å²) in [4.78, 5) is 24.7. The summed E-state index contributed by atoms with van der Waals surface area (Å²) in [6.07, 6.45) is 1.52. The number of nitrogens with zero attached hydrogens (tertiary/aromatic N) is 1. The molecular formula is C11H17N3O3. The fourth-order valence-electron chi connectivity index (χ4n) is 1.78. The first kappa shape index (κ1) is 12.1. The molecule has 1 aromatic heterocycles. The molecule has 0 bridgehead atoms. The van der Waals surface area contributed by atoms with Crippen LogP contribution in [0.1, 0.15) is 19.9 Å². The highest BCUT2D eigenvalue weighted by molar-refractivity contribution is 4.91. The predicted molar refractivity (Wildman–Crippen MR) is 63.3 cm³/mol. The van der Waals surface area contributed by atoms with E-state index in [1.807, 2.05) is 6.92 Å². The molecule has 2 heterocycles. The minimum Gasteiger partial charge on any atom is -0.377 e. The molecule has 1 aromatic rings. The molecule has 1 aliphatic rings. The van der Waals surface area contributed by atoms with E-state index in [4.69, 9.17) is 4.74 Å². The second kappa shape index (κ2) is 4.46. The van der Waals surface area contributed by atoms with Crippen LogP contribution < -0.4 is 16.6 Å². The molecule has 94 valence electrons. The first-order valence-electron chi connectivity index (χ1n) is 5.64. The van der Waals surface area contributed by atoms with Gasteiger partial charge < -0.3 is 10.1 Å². The van der Waals surface area contributed by atoms with Crippen molar-refractivity contribution in [1.82, 2.24) is 14.9 Å². The van der Waals surface area contributed by atoms with Crippen LogP contribution >= 0.6 is 0 Å². The van der Waals surface area contributed by atoms with Crippen LogP contribution in [-0.4, -0.2) is 34.8 Å². The number of nitrogens with one attached hydrogen (secondary N) is 2. The molecule has 6 nitrogen and oxygen atoms in total. The lowest BCUT2D eigenvalue weighted by Crippen LogP contribution is -2.59. The molecule has 0 aromatic carbocycles. The van der Waals surface area contributed by atoms with Gasteiger partial charge in [-0.1, -0.05) is 0 Å². The number of hydrogen-bond donors (Lipinski definition) is 2. The van der Waals surface area contributed by atoms with E-state index in [0.29, 0.717) is 19.8 Å². The Morgan fingerprint density at radius 1 is 1.59 bits per heavy atom. The van der Waals surface area contributed by atoms with Crippen LogP contribution in [0, 0.1) is 0 Å². The van der Waals surface area contributed by atoms with Gasteiger partial charge in [0.2, 0.25) is 0 Å². The Balaban J connectivity index is 2.01.